The van der Waals surface area contributed by atoms with E-state index >= 15 is 4.39 Å². The number of hydrogen-bond donors (Lipinski definition) is 4. The second-order valence-corrected chi connectivity index (χ2v) is 9.12. The van der Waals surface area contributed by atoms with Gasteiger partial charge in [-0.1, -0.05) is 36.4 Å². The second-order valence-electron chi connectivity index (χ2n) is 9.12. The van der Waals surface area contributed by atoms with Gasteiger partial charge in [0, 0.05) is 42.2 Å². The zero-order chi connectivity index (χ0) is 29.7. The summed E-state index contributed by atoms with van der Waals surface area (Å²) in [6, 6.07) is 14.8. The molecule has 0 spiro atoms. The molecule has 0 aliphatic heterocycles. The van der Waals surface area contributed by atoms with Gasteiger partial charge in [-0.05, 0) is 49.0 Å². The lowest BCUT2D eigenvalue weighted by Gasteiger charge is -2.16. The highest BCUT2D eigenvalue weighted by Crippen LogP contribution is 2.35. The Hall–Kier alpha value is -4.90. The SMILES string of the molecule is CN/C=C\C(=N)c1cc(C(=O)Nc2cc(-c3ccc(C(C)N)cn3)cnc2-c2ccccc2)c(F)cc1C(F)(F)F. The molecule has 1 amide bonds. The predicted molar refractivity (Wildman–Crippen MR) is 150 cm³/mol. The molecule has 0 radical (unpaired) electrons. The van der Waals surface area contributed by atoms with Gasteiger partial charge in [-0.25, -0.2) is 4.39 Å². The molecule has 2 aromatic carbocycles. The van der Waals surface area contributed by atoms with Gasteiger partial charge in [0.05, 0.1) is 33.9 Å². The average Bonchev–Trinajstić information content (AvgIpc) is 2.95. The number of benzene rings is 2. The molecule has 0 aliphatic carbocycles. The summed E-state index contributed by atoms with van der Waals surface area (Å²) in [4.78, 5) is 22.3. The topological polar surface area (TPSA) is 117 Å². The minimum Gasteiger partial charge on any atom is -0.394 e. The van der Waals surface area contributed by atoms with Crippen LogP contribution in [-0.2, 0) is 6.18 Å². The number of nitrogens with one attached hydrogen (secondary N) is 3. The number of alkyl halides is 3. The smallest absolute Gasteiger partial charge is 0.394 e. The number of nitrogens with zero attached hydrogens (tertiary/aromatic N) is 2. The van der Waals surface area contributed by atoms with Crippen molar-refractivity contribution < 1.29 is 22.4 Å². The predicted octanol–water partition coefficient (Wildman–Crippen LogP) is 6.34. The summed E-state index contributed by atoms with van der Waals surface area (Å²) in [6.07, 6.45) is 0.574. The second kappa shape index (κ2) is 12.1. The fourth-order valence-electron chi connectivity index (χ4n) is 4.02. The van der Waals surface area contributed by atoms with Crippen molar-refractivity contribution in [3.63, 3.8) is 0 Å². The van der Waals surface area contributed by atoms with E-state index in [0.29, 0.717) is 22.5 Å². The first-order valence-corrected chi connectivity index (χ1v) is 12.4. The van der Waals surface area contributed by atoms with Crippen molar-refractivity contribution in [2.24, 2.45) is 5.73 Å². The molecule has 1 atom stereocenters. The molecule has 0 bridgehead atoms. The summed E-state index contributed by atoms with van der Waals surface area (Å²) >= 11 is 0. The number of carbonyl (C=O) groups is 1. The number of carbonyl (C=O) groups excluding carboxylic acids is 1. The van der Waals surface area contributed by atoms with Gasteiger partial charge in [0.2, 0.25) is 0 Å². The summed E-state index contributed by atoms with van der Waals surface area (Å²) < 4.78 is 56.0. The highest BCUT2D eigenvalue weighted by molar-refractivity contribution is 6.11. The van der Waals surface area contributed by atoms with Gasteiger partial charge in [0.25, 0.3) is 5.91 Å². The van der Waals surface area contributed by atoms with Gasteiger partial charge in [-0.3, -0.25) is 14.8 Å². The zero-order valence-corrected chi connectivity index (χ0v) is 22.1. The lowest BCUT2D eigenvalue weighted by Crippen LogP contribution is -2.19. The maximum absolute atomic E-state index is 15.0. The third-order valence-electron chi connectivity index (χ3n) is 6.16. The highest BCUT2D eigenvalue weighted by atomic mass is 19.4. The van der Waals surface area contributed by atoms with E-state index in [1.807, 2.05) is 13.0 Å². The van der Waals surface area contributed by atoms with E-state index in [0.717, 1.165) is 17.7 Å². The number of amides is 1. The minimum absolute atomic E-state index is 0.183. The Bertz CT molecular complexity index is 1600. The van der Waals surface area contributed by atoms with E-state index in [9.17, 15) is 18.0 Å². The number of anilines is 1. The van der Waals surface area contributed by atoms with Crippen molar-refractivity contribution in [2.45, 2.75) is 19.1 Å². The van der Waals surface area contributed by atoms with Crippen molar-refractivity contribution in [3.8, 4) is 22.5 Å². The first-order valence-electron chi connectivity index (χ1n) is 12.4. The molecule has 2 aromatic heterocycles. The van der Waals surface area contributed by atoms with Gasteiger partial charge in [0.15, 0.2) is 0 Å². The Morgan fingerprint density at radius 3 is 2.34 bits per heavy atom. The van der Waals surface area contributed by atoms with Crippen LogP contribution in [0.15, 0.2) is 85.3 Å². The standard InChI is InChI=1S/C30H26F4N6O/c1-17(35)19-8-9-26(38-15-19)20-12-27(28(39-16-20)18-6-4-3-5-7-18)40-29(41)22-13-21(25(36)10-11-37-2)23(14-24(22)31)30(32,33)34/h3-17,36-37H,35H2,1-2H3,(H,40,41)/b11-10-,36-25?. The number of aromatic nitrogens is 2. The van der Waals surface area contributed by atoms with Crippen molar-refractivity contribution in [1.29, 1.82) is 5.41 Å². The molecule has 0 aliphatic rings. The van der Waals surface area contributed by atoms with Crippen LogP contribution in [-0.4, -0.2) is 28.6 Å². The molecule has 41 heavy (non-hydrogen) atoms. The first kappa shape index (κ1) is 29.1. The molecule has 0 saturated carbocycles. The molecule has 7 nitrogen and oxygen atoms in total. The normalized spacial score (nSPS) is 12.3. The fourth-order valence-corrected chi connectivity index (χ4v) is 4.02. The number of nitrogens with two attached hydrogens (primary N) is 1. The number of allylic oxidation sites excluding steroid dienone is 1. The van der Waals surface area contributed by atoms with Gasteiger partial charge in [0.1, 0.15) is 5.82 Å². The highest BCUT2D eigenvalue weighted by Gasteiger charge is 2.36. The van der Waals surface area contributed by atoms with Crippen molar-refractivity contribution in [2.75, 3.05) is 12.4 Å². The Labute approximate surface area is 233 Å². The Morgan fingerprint density at radius 2 is 1.73 bits per heavy atom. The monoisotopic (exact) mass is 562 g/mol. The molecule has 210 valence electrons. The van der Waals surface area contributed by atoms with Crippen LogP contribution in [0.5, 0.6) is 0 Å². The van der Waals surface area contributed by atoms with E-state index in [-0.39, 0.29) is 17.8 Å². The van der Waals surface area contributed by atoms with Crippen molar-refractivity contribution in [1.82, 2.24) is 15.3 Å². The van der Waals surface area contributed by atoms with E-state index in [2.05, 4.69) is 20.6 Å². The van der Waals surface area contributed by atoms with Crippen molar-refractivity contribution in [3.05, 3.63) is 113 Å². The summed E-state index contributed by atoms with van der Waals surface area (Å²) in [5.74, 6) is -2.40. The molecule has 0 saturated heterocycles. The van der Waals surface area contributed by atoms with Crippen molar-refractivity contribution >= 4 is 17.3 Å². The molecule has 4 aromatic rings. The molecule has 2 heterocycles. The number of pyridine rings is 2. The van der Waals surface area contributed by atoms with Crippen LogP contribution in [0, 0.1) is 11.2 Å². The van der Waals surface area contributed by atoms with Crippen LogP contribution in [0.25, 0.3) is 22.5 Å². The molecule has 11 heteroatoms. The van der Waals surface area contributed by atoms with Crippen LogP contribution in [0.3, 0.4) is 0 Å². The van der Waals surface area contributed by atoms with Crippen LogP contribution in [0.2, 0.25) is 0 Å². The molecule has 4 rings (SSSR count). The Kier molecular flexibility index (Phi) is 8.58. The average molecular weight is 563 g/mol. The Morgan fingerprint density at radius 1 is 1.00 bits per heavy atom. The third kappa shape index (κ3) is 6.64. The molecule has 5 N–H and O–H groups in total. The zero-order valence-electron chi connectivity index (χ0n) is 22.1. The maximum Gasteiger partial charge on any atom is 0.417 e. The van der Waals surface area contributed by atoms with Gasteiger partial charge in [-0.2, -0.15) is 13.2 Å². The van der Waals surface area contributed by atoms with Crippen LogP contribution in [0.4, 0.5) is 23.2 Å². The van der Waals surface area contributed by atoms with Gasteiger partial charge >= 0.3 is 6.18 Å². The summed E-state index contributed by atoms with van der Waals surface area (Å²) in [5, 5.41) is 13.3. The quantitative estimate of drug-likeness (QED) is 0.148. The van der Waals surface area contributed by atoms with E-state index in [4.69, 9.17) is 11.1 Å². The lowest BCUT2D eigenvalue weighted by molar-refractivity contribution is -0.137. The van der Waals surface area contributed by atoms with Gasteiger partial charge in [-0.15, -0.1) is 0 Å². The number of rotatable bonds is 8. The Balaban J connectivity index is 1.79. The third-order valence-corrected chi connectivity index (χ3v) is 6.16. The summed E-state index contributed by atoms with van der Waals surface area (Å²) in [7, 11) is 1.51. The fraction of sp³-hybridized carbons (Fsp3) is 0.133. The summed E-state index contributed by atoms with van der Waals surface area (Å²) in [5.41, 5.74) is 5.72. The van der Waals surface area contributed by atoms with Crippen LogP contribution in [0.1, 0.15) is 40.0 Å². The van der Waals surface area contributed by atoms with E-state index in [1.165, 1.54) is 13.2 Å². The maximum atomic E-state index is 15.0. The van der Waals surface area contributed by atoms with Crippen LogP contribution < -0.4 is 16.4 Å². The molecular formula is C30H26F4N6O. The van der Waals surface area contributed by atoms with Gasteiger partial charge < -0.3 is 21.8 Å². The van der Waals surface area contributed by atoms with E-state index in [1.54, 1.807) is 54.9 Å². The summed E-state index contributed by atoms with van der Waals surface area (Å²) in [6.45, 7) is 1.82. The lowest BCUT2D eigenvalue weighted by atomic mass is 9.98. The number of hydrogen-bond acceptors (Lipinski definition) is 6. The minimum atomic E-state index is -4.95. The largest absolute Gasteiger partial charge is 0.417 e. The molecule has 1 unspecified atom stereocenters. The first-order chi connectivity index (χ1) is 19.5. The van der Waals surface area contributed by atoms with E-state index < -0.39 is 40.3 Å². The number of halogens is 4. The molecule has 0 fully saturated rings. The van der Waals surface area contributed by atoms with Crippen LogP contribution >= 0.6 is 0 Å². The molecular weight excluding hydrogens is 536 g/mol.